The summed E-state index contributed by atoms with van der Waals surface area (Å²) in [6.45, 7) is 3.71. The third kappa shape index (κ3) is 3.71. The van der Waals surface area contributed by atoms with Crippen LogP contribution in [0.1, 0.15) is 21.7 Å². The summed E-state index contributed by atoms with van der Waals surface area (Å²) in [6, 6.07) is 9.72. The number of aryl methyl sites for hydroxylation is 2. The highest BCUT2D eigenvalue weighted by Gasteiger charge is 2.19. The number of sulfonamides is 1. The fourth-order valence-electron chi connectivity index (χ4n) is 2.95. The van der Waals surface area contributed by atoms with Crippen molar-refractivity contribution in [2.24, 2.45) is 0 Å². The number of fused-ring (bicyclic) bond motifs is 1. The summed E-state index contributed by atoms with van der Waals surface area (Å²) in [7, 11) is -3.74. The van der Waals surface area contributed by atoms with E-state index in [4.69, 9.17) is 0 Å². The predicted molar refractivity (Wildman–Crippen MR) is 112 cm³/mol. The number of hydrogen-bond donors (Lipinski definition) is 2. The zero-order valence-corrected chi connectivity index (χ0v) is 17.2. The normalized spacial score (nSPS) is 11.5. The monoisotopic (exact) mass is 427 g/mol. The molecule has 1 amide bonds. The van der Waals surface area contributed by atoms with Crippen LogP contribution in [0, 0.1) is 13.8 Å². The summed E-state index contributed by atoms with van der Waals surface area (Å²) in [4.78, 5) is 21.3. The first-order valence-electron chi connectivity index (χ1n) is 8.63. The number of amides is 1. The second-order valence-corrected chi connectivity index (χ2v) is 8.93. The summed E-state index contributed by atoms with van der Waals surface area (Å²) in [6.07, 6.45) is 3.31. The van der Waals surface area contributed by atoms with Crippen LogP contribution in [0.3, 0.4) is 0 Å². The number of anilines is 2. The van der Waals surface area contributed by atoms with Crippen molar-refractivity contribution in [3.63, 3.8) is 0 Å². The third-order valence-electron chi connectivity index (χ3n) is 4.31. The molecule has 0 aliphatic carbocycles. The van der Waals surface area contributed by atoms with Gasteiger partial charge in [-0.2, -0.15) is 0 Å². The van der Waals surface area contributed by atoms with Gasteiger partial charge < -0.3 is 5.32 Å². The molecule has 4 aromatic rings. The van der Waals surface area contributed by atoms with Crippen LogP contribution in [0.25, 0.3) is 5.65 Å². The molecule has 0 fully saturated rings. The molecule has 0 radical (unpaired) electrons. The molecule has 148 valence electrons. The van der Waals surface area contributed by atoms with Gasteiger partial charge in [-0.3, -0.25) is 13.9 Å². The van der Waals surface area contributed by atoms with Gasteiger partial charge in [0, 0.05) is 23.5 Å². The Kier molecular flexibility index (Phi) is 4.81. The van der Waals surface area contributed by atoms with E-state index in [0.29, 0.717) is 22.2 Å². The van der Waals surface area contributed by atoms with Gasteiger partial charge in [-0.15, -0.1) is 11.3 Å². The lowest BCUT2D eigenvalue weighted by atomic mass is 10.2. The van der Waals surface area contributed by atoms with Crippen molar-refractivity contribution in [3.05, 3.63) is 71.1 Å². The summed E-state index contributed by atoms with van der Waals surface area (Å²) >= 11 is 1.19. The van der Waals surface area contributed by atoms with E-state index in [2.05, 4.69) is 20.0 Å². The SMILES string of the molecule is Cc1nc2c(C)cccn2c1C(=O)Nc1ccc(S(=O)(=O)Nc2nccs2)cc1. The minimum Gasteiger partial charge on any atom is -0.321 e. The molecule has 2 N–H and O–H groups in total. The molecule has 0 bridgehead atoms. The summed E-state index contributed by atoms with van der Waals surface area (Å²) in [5, 5.41) is 4.77. The molecular weight excluding hydrogens is 410 g/mol. The third-order valence-corrected chi connectivity index (χ3v) is 6.48. The Morgan fingerprint density at radius 3 is 2.59 bits per heavy atom. The van der Waals surface area contributed by atoms with Crippen molar-refractivity contribution >= 4 is 43.7 Å². The summed E-state index contributed by atoms with van der Waals surface area (Å²) in [5.74, 6) is -0.322. The first kappa shape index (κ1) is 19.1. The Morgan fingerprint density at radius 1 is 1.14 bits per heavy atom. The Bertz CT molecular complexity index is 1290. The molecule has 0 saturated carbocycles. The summed E-state index contributed by atoms with van der Waals surface area (Å²) < 4.78 is 29.0. The van der Waals surface area contributed by atoms with Gasteiger partial charge in [0.1, 0.15) is 11.3 Å². The maximum absolute atomic E-state index is 12.8. The molecule has 10 heteroatoms. The molecule has 4 rings (SSSR count). The van der Waals surface area contributed by atoms with Crippen LogP contribution in [0.4, 0.5) is 10.8 Å². The zero-order chi connectivity index (χ0) is 20.6. The number of thiazole rings is 1. The smallest absolute Gasteiger partial charge is 0.274 e. The Balaban J connectivity index is 1.56. The molecule has 0 saturated heterocycles. The first-order valence-corrected chi connectivity index (χ1v) is 11.0. The van der Waals surface area contributed by atoms with E-state index in [-0.39, 0.29) is 10.8 Å². The van der Waals surface area contributed by atoms with Gasteiger partial charge in [0.05, 0.1) is 10.6 Å². The lowest BCUT2D eigenvalue weighted by molar-refractivity contribution is 0.102. The van der Waals surface area contributed by atoms with Crippen LogP contribution in [-0.4, -0.2) is 28.7 Å². The number of rotatable bonds is 5. The second kappa shape index (κ2) is 7.30. The first-order chi connectivity index (χ1) is 13.8. The maximum atomic E-state index is 12.8. The van der Waals surface area contributed by atoms with E-state index in [9.17, 15) is 13.2 Å². The highest BCUT2D eigenvalue weighted by molar-refractivity contribution is 7.93. The van der Waals surface area contributed by atoms with Crippen LogP contribution >= 0.6 is 11.3 Å². The van der Waals surface area contributed by atoms with E-state index >= 15 is 0 Å². The Hall–Kier alpha value is -3.24. The zero-order valence-electron chi connectivity index (χ0n) is 15.6. The van der Waals surface area contributed by atoms with E-state index in [1.165, 1.54) is 41.8 Å². The number of carbonyl (C=O) groups is 1. The van der Waals surface area contributed by atoms with Crippen molar-refractivity contribution in [1.82, 2.24) is 14.4 Å². The highest BCUT2D eigenvalue weighted by atomic mass is 32.2. The maximum Gasteiger partial charge on any atom is 0.274 e. The number of nitrogens with zero attached hydrogens (tertiary/aromatic N) is 3. The van der Waals surface area contributed by atoms with Crippen molar-refractivity contribution in [2.75, 3.05) is 10.0 Å². The predicted octanol–water partition coefficient (Wildman–Crippen LogP) is 3.46. The van der Waals surface area contributed by atoms with Crippen LogP contribution in [0.2, 0.25) is 0 Å². The quantitative estimate of drug-likeness (QED) is 0.507. The summed E-state index contributed by atoms with van der Waals surface area (Å²) in [5.41, 5.74) is 3.22. The largest absolute Gasteiger partial charge is 0.321 e. The molecule has 8 nitrogen and oxygen atoms in total. The Labute approximate surface area is 171 Å². The van der Waals surface area contributed by atoms with Crippen molar-refractivity contribution in [2.45, 2.75) is 18.7 Å². The van der Waals surface area contributed by atoms with Gasteiger partial charge in [-0.25, -0.2) is 18.4 Å². The van der Waals surface area contributed by atoms with E-state index in [1.807, 2.05) is 19.1 Å². The standard InChI is InChI=1S/C19H17N5O3S2/c1-12-4-3-10-24-16(13(2)21-17(12)24)18(25)22-14-5-7-15(8-6-14)29(26,27)23-19-20-9-11-28-19/h3-11H,1-2H3,(H,20,23)(H,22,25). The number of pyridine rings is 1. The van der Waals surface area contributed by atoms with Gasteiger partial charge in [-0.1, -0.05) is 6.07 Å². The molecule has 0 aliphatic rings. The number of benzene rings is 1. The van der Waals surface area contributed by atoms with Gasteiger partial charge in [0.2, 0.25) is 0 Å². The van der Waals surface area contributed by atoms with E-state index in [1.54, 1.807) is 22.9 Å². The van der Waals surface area contributed by atoms with Crippen molar-refractivity contribution in [3.8, 4) is 0 Å². The van der Waals surface area contributed by atoms with Crippen molar-refractivity contribution in [1.29, 1.82) is 0 Å². The topological polar surface area (TPSA) is 105 Å². The molecule has 0 unspecified atom stereocenters. The number of carbonyl (C=O) groups excluding carboxylic acids is 1. The van der Waals surface area contributed by atoms with E-state index < -0.39 is 10.0 Å². The van der Waals surface area contributed by atoms with Gasteiger partial charge in [-0.05, 0) is 49.7 Å². The van der Waals surface area contributed by atoms with Crippen molar-refractivity contribution < 1.29 is 13.2 Å². The fraction of sp³-hybridized carbons (Fsp3) is 0.105. The minimum absolute atomic E-state index is 0.0762. The molecule has 3 heterocycles. The van der Waals surface area contributed by atoms with Crippen LogP contribution < -0.4 is 10.0 Å². The highest BCUT2D eigenvalue weighted by Crippen LogP contribution is 2.21. The average molecular weight is 428 g/mol. The molecular formula is C19H17N5O3S2. The van der Waals surface area contributed by atoms with Crippen LogP contribution in [0.15, 0.2) is 59.1 Å². The molecule has 0 aliphatic heterocycles. The van der Waals surface area contributed by atoms with Gasteiger partial charge in [0.15, 0.2) is 5.13 Å². The van der Waals surface area contributed by atoms with Crippen LogP contribution in [0.5, 0.6) is 0 Å². The molecule has 0 atom stereocenters. The lowest BCUT2D eigenvalue weighted by Gasteiger charge is -2.08. The number of aromatic nitrogens is 3. The molecule has 0 spiro atoms. The van der Waals surface area contributed by atoms with Gasteiger partial charge >= 0.3 is 0 Å². The fourth-order valence-corrected chi connectivity index (χ4v) is 4.74. The number of nitrogens with one attached hydrogen (secondary N) is 2. The average Bonchev–Trinajstić information content (AvgIpc) is 3.29. The van der Waals surface area contributed by atoms with Gasteiger partial charge in [0.25, 0.3) is 15.9 Å². The van der Waals surface area contributed by atoms with E-state index in [0.717, 1.165) is 11.2 Å². The molecule has 1 aromatic carbocycles. The molecule has 29 heavy (non-hydrogen) atoms. The minimum atomic E-state index is -3.74. The molecule has 3 aromatic heterocycles. The Morgan fingerprint density at radius 2 is 1.90 bits per heavy atom. The number of hydrogen-bond acceptors (Lipinski definition) is 6. The second-order valence-electron chi connectivity index (χ2n) is 6.35. The lowest BCUT2D eigenvalue weighted by Crippen LogP contribution is -2.16. The number of imidazole rings is 1. The van der Waals surface area contributed by atoms with Crippen LogP contribution in [-0.2, 0) is 10.0 Å².